The Labute approximate surface area is 442 Å². The van der Waals surface area contributed by atoms with Gasteiger partial charge in [0.1, 0.15) is 22.3 Å². The SMILES string of the molecule is CC1(C)c2cc(-c3cc4c(c5oc6ccccc6c35)-c3cc5c(cc3C4(C)C)-c3c(cc(-c4ccc6c(c4)C(C)(C)c4ccc7ccccc7c4-6)c4c3oc3ccccc34)C5(C)C)ccc2-c2c1ccc1ccccc21. The first-order valence-electron chi connectivity index (χ1n) is 27.2. The van der Waals surface area contributed by atoms with Crippen LogP contribution in [-0.4, -0.2) is 0 Å². The standard InChI is InChI=1S/C74H54O2/c1-71(2)53-31-27-39-17-9-11-19-43(39)63(53)45-29-25-41(33-55(45)71)49-35-59-67(69-65(49)47-21-13-15-23-61(47)75-69)51-37-58-52(38-57(51)73(59,5)6)68-60(74(58,7)8)36-50(66-48-22-14-16-24-62(48)76-70(66)68)42-26-30-46-56(34-42)72(3,4)54-32-28-40-18-10-12-20-44(40)64(46)54/h9-38H,1-8H3. The Bertz CT molecular complexity index is 4560. The number of hydrogen-bond acceptors (Lipinski definition) is 2. The molecule has 0 radical (unpaired) electrons. The van der Waals surface area contributed by atoms with E-state index in [2.05, 4.69) is 237 Å². The molecule has 2 heterocycles. The molecule has 0 N–H and O–H groups in total. The average Bonchev–Trinajstić information content (AvgIpc) is 4.37. The van der Waals surface area contributed by atoms with Gasteiger partial charge in [-0.3, -0.25) is 0 Å². The van der Waals surface area contributed by atoms with Crippen LogP contribution >= 0.6 is 0 Å². The minimum Gasteiger partial charge on any atom is -0.455 e. The van der Waals surface area contributed by atoms with Crippen LogP contribution in [0.5, 0.6) is 0 Å². The van der Waals surface area contributed by atoms with E-state index in [0.29, 0.717) is 0 Å². The second-order valence-corrected chi connectivity index (χ2v) is 24.7. The Kier molecular flexibility index (Phi) is 7.82. The van der Waals surface area contributed by atoms with Crippen LogP contribution in [0.25, 0.3) is 132 Å². The zero-order chi connectivity index (χ0) is 51.1. The van der Waals surface area contributed by atoms with E-state index in [1.54, 1.807) is 0 Å². The molecule has 0 aliphatic heterocycles. The number of rotatable bonds is 2. The predicted octanol–water partition coefficient (Wildman–Crippen LogP) is 20.4. The first-order chi connectivity index (χ1) is 36.7. The molecule has 2 heteroatoms. The Balaban J connectivity index is 0.867. The van der Waals surface area contributed by atoms with Crippen LogP contribution in [0, 0.1) is 0 Å². The summed E-state index contributed by atoms with van der Waals surface area (Å²) in [5.41, 5.74) is 28.8. The third-order valence-electron chi connectivity index (χ3n) is 19.4. The van der Waals surface area contributed by atoms with Gasteiger partial charge in [-0.1, -0.05) is 189 Å². The van der Waals surface area contributed by atoms with E-state index in [9.17, 15) is 0 Å². The molecule has 11 aromatic carbocycles. The van der Waals surface area contributed by atoms with E-state index in [-0.39, 0.29) is 21.7 Å². The zero-order valence-electron chi connectivity index (χ0n) is 44.1. The second kappa shape index (κ2) is 13.9. The monoisotopic (exact) mass is 974 g/mol. The van der Waals surface area contributed by atoms with Crippen molar-refractivity contribution in [2.24, 2.45) is 0 Å². The number of para-hydroxylation sites is 2. The normalized spacial score (nSPS) is 16.3. The molecule has 0 bridgehead atoms. The van der Waals surface area contributed by atoms with Crippen LogP contribution < -0.4 is 0 Å². The predicted molar refractivity (Wildman–Crippen MR) is 317 cm³/mol. The van der Waals surface area contributed by atoms with Crippen molar-refractivity contribution >= 4 is 65.4 Å². The van der Waals surface area contributed by atoms with Crippen LogP contribution in [0.2, 0.25) is 0 Å². The first kappa shape index (κ1) is 42.8. The van der Waals surface area contributed by atoms with Gasteiger partial charge in [-0.15, -0.1) is 0 Å². The first-order valence-corrected chi connectivity index (χ1v) is 27.2. The molecule has 76 heavy (non-hydrogen) atoms. The molecule has 0 saturated heterocycles. The van der Waals surface area contributed by atoms with Crippen molar-refractivity contribution < 1.29 is 8.83 Å². The Hall–Kier alpha value is -8.46. The molecule has 362 valence electrons. The van der Waals surface area contributed by atoms with Crippen LogP contribution in [0.4, 0.5) is 0 Å². The molecular formula is C74H54O2. The molecule has 0 atom stereocenters. The van der Waals surface area contributed by atoms with Gasteiger partial charge in [-0.05, 0) is 170 Å². The molecule has 0 unspecified atom stereocenters. The summed E-state index contributed by atoms with van der Waals surface area (Å²) in [6, 6.07) is 69.0. The van der Waals surface area contributed by atoms with E-state index < -0.39 is 0 Å². The van der Waals surface area contributed by atoms with Crippen molar-refractivity contribution in [2.45, 2.75) is 77.0 Å². The van der Waals surface area contributed by atoms with Gasteiger partial charge in [0.15, 0.2) is 0 Å². The molecule has 0 spiro atoms. The lowest BCUT2D eigenvalue weighted by Crippen LogP contribution is -2.17. The van der Waals surface area contributed by atoms with Crippen LogP contribution in [0.3, 0.4) is 0 Å². The topological polar surface area (TPSA) is 26.3 Å². The highest BCUT2D eigenvalue weighted by molar-refractivity contribution is 6.21. The van der Waals surface area contributed by atoms with Gasteiger partial charge < -0.3 is 8.83 Å². The summed E-state index contributed by atoms with van der Waals surface area (Å²) in [5, 5.41) is 9.87. The fourth-order valence-corrected chi connectivity index (χ4v) is 15.5. The fourth-order valence-electron chi connectivity index (χ4n) is 15.5. The number of hydrogen-bond donors (Lipinski definition) is 0. The van der Waals surface area contributed by atoms with E-state index in [1.807, 2.05) is 0 Å². The zero-order valence-corrected chi connectivity index (χ0v) is 44.1. The molecule has 0 fully saturated rings. The summed E-state index contributed by atoms with van der Waals surface area (Å²) in [7, 11) is 0. The number of furan rings is 2. The largest absolute Gasteiger partial charge is 0.455 e. The molecule has 17 rings (SSSR count). The summed E-state index contributed by atoms with van der Waals surface area (Å²) in [6.45, 7) is 19.3. The third-order valence-corrected chi connectivity index (χ3v) is 19.4. The van der Waals surface area contributed by atoms with Gasteiger partial charge in [0.25, 0.3) is 0 Å². The quantitative estimate of drug-likeness (QED) is 0.173. The van der Waals surface area contributed by atoms with Gasteiger partial charge in [-0.25, -0.2) is 0 Å². The molecule has 2 aromatic heterocycles. The lowest BCUT2D eigenvalue weighted by atomic mass is 9.78. The van der Waals surface area contributed by atoms with Crippen LogP contribution in [0.15, 0.2) is 191 Å². The minimum atomic E-state index is -0.341. The molecule has 4 aliphatic carbocycles. The fraction of sp³-hybridized carbons (Fsp3) is 0.162. The van der Waals surface area contributed by atoms with Crippen molar-refractivity contribution in [3.63, 3.8) is 0 Å². The molecule has 4 aliphatic rings. The second-order valence-electron chi connectivity index (χ2n) is 24.7. The van der Waals surface area contributed by atoms with Gasteiger partial charge in [0.2, 0.25) is 0 Å². The highest BCUT2D eigenvalue weighted by atomic mass is 16.3. The number of benzene rings is 11. The summed E-state index contributed by atoms with van der Waals surface area (Å²) >= 11 is 0. The summed E-state index contributed by atoms with van der Waals surface area (Å²) in [5.74, 6) is 0. The summed E-state index contributed by atoms with van der Waals surface area (Å²) in [6.07, 6.45) is 0. The third kappa shape index (κ3) is 5.09. The highest BCUT2D eigenvalue weighted by Crippen LogP contribution is 2.62. The van der Waals surface area contributed by atoms with E-state index in [4.69, 9.17) is 8.83 Å². The maximum absolute atomic E-state index is 7.20. The smallest absolute Gasteiger partial charge is 0.144 e. The lowest BCUT2D eigenvalue weighted by Gasteiger charge is -2.25. The van der Waals surface area contributed by atoms with E-state index in [1.165, 1.54) is 144 Å². The number of fused-ring (bicyclic) bond motifs is 24. The molecule has 2 nitrogen and oxygen atoms in total. The van der Waals surface area contributed by atoms with Crippen molar-refractivity contribution in [2.75, 3.05) is 0 Å². The average molecular weight is 975 g/mol. The van der Waals surface area contributed by atoms with E-state index >= 15 is 0 Å². The van der Waals surface area contributed by atoms with Crippen molar-refractivity contribution in [3.05, 3.63) is 226 Å². The summed E-state index contributed by atoms with van der Waals surface area (Å²) in [4.78, 5) is 0. The van der Waals surface area contributed by atoms with Gasteiger partial charge in [0, 0.05) is 54.3 Å². The maximum Gasteiger partial charge on any atom is 0.144 e. The summed E-state index contributed by atoms with van der Waals surface area (Å²) < 4.78 is 14.4. The van der Waals surface area contributed by atoms with Gasteiger partial charge >= 0.3 is 0 Å². The molecular weight excluding hydrogens is 921 g/mol. The van der Waals surface area contributed by atoms with Gasteiger partial charge in [-0.2, -0.15) is 0 Å². The van der Waals surface area contributed by atoms with Crippen LogP contribution in [0.1, 0.15) is 99.9 Å². The van der Waals surface area contributed by atoms with Crippen LogP contribution in [-0.2, 0) is 21.7 Å². The molecule has 0 saturated carbocycles. The highest BCUT2D eigenvalue weighted by Gasteiger charge is 2.46. The molecule has 0 amide bonds. The molecule has 13 aromatic rings. The Morgan fingerprint density at radius 3 is 1.05 bits per heavy atom. The van der Waals surface area contributed by atoms with E-state index in [0.717, 1.165) is 33.1 Å². The maximum atomic E-state index is 7.20. The Morgan fingerprint density at radius 1 is 0.263 bits per heavy atom. The lowest BCUT2D eigenvalue weighted by molar-refractivity contribution is 0.648. The van der Waals surface area contributed by atoms with Gasteiger partial charge in [0.05, 0.1) is 0 Å². The Morgan fingerprint density at radius 2 is 0.618 bits per heavy atom. The van der Waals surface area contributed by atoms with Crippen molar-refractivity contribution in [1.29, 1.82) is 0 Å². The van der Waals surface area contributed by atoms with Crippen molar-refractivity contribution in [3.8, 4) is 66.8 Å². The minimum absolute atomic E-state index is 0.162. The van der Waals surface area contributed by atoms with Crippen molar-refractivity contribution in [1.82, 2.24) is 0 Å².